The van der Waals surface area contributed by atoms with Gasteiger partial charge in [-0.3, -0.25) is 15.0 Å². The van der Waals surface area contributed by atoms with Crippen LogP contribution in [0.15, 0.2) is 53.3 Å². The largest absolute Gasteiger partial charge is 0.280 e. The van der Waals surface area contributed by atoms with Gasteiger partial charge < -0.3 is 0 Å². The van der Waals surface area contributed by atoms with Gasteiger partial charge in [0.2, 0.25) is 5.91 Å². The fourth-order valence-electron chi connectivity index (χ4n) is 2.77. The van der Waals surface area contributed by atoms with Crippen molar-refractivity contribution >= 4 is 16.8 Å². The van der Waals surface area contributed by atoms with Crippen molar-refractivity contribution in [1.82, 2.24) is 9.66 Å². The predicted octanol–water partition coefficient (Wildman–Crippen LogP) is 3.05. The first-order valence-corrected chi connectivity index (χ1v) is 8.49. The Balaban J connectivity index is 2.00. The van der Waals surface area contributed by atoms with Crippen molar-refractivity contribution in [1.29, 1.82) is 0 Å². The first kappa shape index (κ1) is 17.8. The Morgan fingerprint density at radius 3 is 2.62 bits per heavy atom. The maximum atomic E-state index is 13.5. The molecule has 0 aliphatic rings. The van der Waals surface area contributed by atoms with E-state index >= 15 is 0 Å². The van der Waals surface area contributed by atoms with Gasteiger partial charge in [0.25, 0.3) is 5.56 Å². The monoisotopic (exact) mass is 353 g/mol. The molecular weight excluding hydrogens is 333 g/mol. The number of fused-ring (bicyclic) bond motifs is 1. The normalized spacial score (nSPS) is 11.1. The molecule has 0 unspecified atom stereocenters. The summed E-state index contributed by atoms with van der Waals surface area (Å²) in [5, 5.41) is 0.137. The van der Waals surface area contributed by atoms with Crippen molar-refractivity contribution in [3.8, 4) is 0 Å². The van der Waals surface area contributed by atoms with Crippen LogP contribution in [0.5, 0.6) is 0 Å². The molecule has 134 valence electrons. The van der Waals surface area contributed by atoms with Crippen LogP contribution < -0.4 is 11.0 Å². The summed E-state index contributed by atoms with van der Waals surface area (Å²) < 4.78 is 14.7. The summed E-state index contributed by atoms with van der Waals surface area (Å²) in [7, 11) is 0. The number of aromatic nitrogens is 2. The molecule has 2 aromatic carbocycles. The maximum Gasteiger partial charge on any atom is 0.280 e. The number of amides is 1. The predicted molar refractivity (Wildman–Crippen MR) is 99.0 cm³/mol. The van der Waals surface area contributed by atoms with Crippen molar-refractivity contribution in [3.63, 3.8) is 0 Å². The highest BCUT2D eigenvalue weighted by molar-refractivity contribution is 5.86. The lowest BCUT2D eigenvalue weighted by Crippen LogP contribution is -2.37. The van der Waals surface area contributed by atoms with Gasteiger partial charge in [-0.2, -0.15) is 0 Å². The minimum absolute atomic E-state index is 0.135. The number of rotatable bonds is 5. The molecule has 26 heavy (non-hydrogen) atoms. The van der Waals surface area contributed by atoms with Gasteiger partial charge in [-0.1, -0.05) is 44.2 Å². The molecule has 1 amide bonds. The molecule has 0 aliphatic carbocycles. The van der Waals surface area contributed by atoms with Crippen LogP contribution >= 0.6 is 0 Å². The molecular formula is C20H20FN3O2. The zero-order valence-corrected chi connectivity index (χ0v) is 14.7. The van der Waals surface area contributed by atoms with Crippen LogP contribution in [0, 0.1) is 11.7 Å². The van der Waals surface area contributed by atoms with E-state index in [0.29, 0.717) is 17.8 Å². The van der Waals surface area contributed by atoms with Gasteiger partial charge in [0, 0.05) is 6.42 Å². The van der Waals surface area contributed by atoms with E-state index in [2.05, 4.69) is 10.4 Å². The summed E-state index contributed by atoms with van der Waals surface area (Å²) in [5.41, 5.74) is 3.40. The van der Waals surface area contributed by atoms with Gasteiger partial charge in [0.05, 0.1) is 17.3 Å². The molecule has 1 heterocycles. The van der Waals surface area contributed by atoms with Crippen LogP contribution in [0.4, 0.5) is 4.39 Å². The van der Waals surface area contributed by atoms with Gasteiger partial charge in [-0.25, -0.2) is 14.1 Å². The SMILES string of the molecule is CC(C)Cc1nc2ccc(F)cc2c(=O)n1NC(=O)Cc1ccccc1. The lowest BCUT2D eigenvalue weighted by molar-refractivity contribution is -0.116. The summed E-state index contributed by atoms with van der Waals surface area (Å²) in [6.07, 6.45) is 0.643. The molecule has 0 radical (unpaired) electrons. The molecule has 0 atom stereocenters. The van der Waals surface area contributed by atoms with Crippen LogP contribution in [-0.2, 0) is 17.6 Å². The van der Waals surface area contributed by atoms with Gasteiger partial charge in [0.1, 0.15) is 11.6 Å². The third kappa shape index (κ3) is 3.96. The lowest BCUT2D eigenvalue weighted by Gasteiger charge is -2.15. The van der Waals surface area contributed by atoms with Crippen molar-refractivity contribution in [2.75, 3.05) is 5.43 Å². The van der Waals surface area contributed by atoms with E-state index in [1.807, 2.05) is 44.2 Å². The molecule has 0 saturated carbocycles. The van der Waals surface area contributed by atoms with Crippen LogP contribution in [0.1, 0.15) is 25.2 Å². The number of carbonyl (C=O) groups is 1. The standard InChI is InChI=1S/C20H20FN3O2/c1-13(2)10-18-22-17-9-8-15(21)12-16(17)20(26)24(18)23-19(25)11-14-6-4-3-5-7-14/h3-9,12-13H,10-11H2,1-2H3,(H,23,25). The zero-order chi connectivity index (χ0) is 18.7. The highest BCUT2D eigenvalue weighted by Crippen LogP contribution is 2.12. The Morgan fingerprint density at radius 1 is 1.19 bits per heavy atom. The Morgan fingerprint density at radius 2 is 1.92 bits per heavy atom. The number of benzene rings is 2. The van der Waals surface area contributed by atoms with Crippen LogP contribution in [0.3, 0.4) is 0 Å². The number of hydrogen-bond acceptors (Lipinski definition) is 3. The van der Waals surface area contributed by atoms with E-state index < -0.39 is 11.4 Å². The van der Waals surface area contributed by atoms with E-state index in [4.69, 9.17) is 0 Å². The van der Waals surface area contributed by atoms with Gasteiger partial charge >= 0.3 is 0 Å². The maximum absolute atomic E-state index is 13.5. The van der Waals surface area contributed by atoms with E-state index in [1.165, 1.54) is 12.1 Å². The molecule has 0 bridgehead atoms. The second-order valence-corrected chi connectivity index (χ2v) is 6.63. The molecule has 0 spiro atoms. The summed E-state index contributed by atoms with van der Waals surface area (Å²) >= 11 is 0. The van der Waals surface area contributed by atoms with Crippen LogP contribution in [-0.4, -0.2) is 15.6 Å². The van der Waals surface area contributed by atoms with Crippen LogP contribution in [0.2, 0.25) is 0 Å². The average molecular weight is 353 g/mol. The topological polar surface area (TPSA) is 64.0 Å². The highest BCUT2D eigenvalue weighted by Gasteiger charge is 2.15. The number of nitrogens with zero attached hydrogens (tertiary/aromatic N) is 2. The number of nitrogens with one attached hydrogen (secondary N) is 1. The molecule has 3 rings (SSSR count). The third-order valence-electron chi connectivity index (χ3n) is 3.93. The fourth-order valence-corrected chi connectivity index (χ4v) is 2.77. The van der Waals surface area contributed by atoms with E-state index in [9.17, 15) is 14.0 Å². The number of hydrogen-bond donors (Lipinski definition) is 1. The Kier molecular flexibility index (Phi) is 5.11. The number of carbonyl (C=O) groups excluding carboxylic acids is 1. The van der Waals surface area contributed by atoms with Gasteiger partial charge in [-0.05, 0) is 29.7 Å². The molecule has 6 heteroatoms. The van der Waals surface area contributed by atoms with Crippen molar-refractivity contribution in [2.45, 2.75) is 26.7 Å². The Hall–Kier alpha value is -3.02. The summed E-state index contributed by atoms with van der Waals surface area (Å²) in [5.74, 6) is -0.168. The molecule has 0 saturated heterocycles. The Bertz CT molecular complexity index is 997. The Labute approximate surface area is 150 Å². The van der Waals surface area contributed by atoms with Gasteiger partial charge in [0.15, 0.2) is 0 Å². The first-order valence-electron chi connectivity index (χ1n) is 8.49. The molecule has 0 aliphatic heterocycles. The van der Waals surface area contributed by atoms with Crippen LogP contribution in [0.25, 0.3) is 10.9 Å². The minimum Gasteiger partial charge on any atom is -0.273 e. The molecule has 1 N–H and O–H groups in total. The number of halogens is 1. The highest BCUT2D eigenvalue weighted by atomic mass is 19.1. The van der Waals surface area contributed by atoms with Crippen molar-refractivity contribution < 1.29 is 9.18 Å². The first-order chi connectivity index (χ1) is 12.4. The smallest absolute Gasteiger partial charge is 0.273 e. The minimum atomic E-state index is -0.518. The molecule has 5 nitrogen and oxygen atoms in total. The lowest BCUT2D eigenvalue weighted by atomic mass is 10.1. The fraction of sp³-hybridized carbons (Fsp3) is 0.250. The van der Waals surface area contributed by atoms with E-state index in [-0.39, 0.29) is 23.6 Å². The zero-order valence-electron chi connectivity index (χ0n) is 14.7. The van der Waals surface area contributed by atoms with Crippen molar-refractivity contribution in [3.05, 3.63) is 76.1 Å². The summed E-state index contributed by atoms with van der Waals surface area (Å²) in [6, 6.07) is 13.1. The van der Waals surface area contributed by atoms with E-state index in [0.717, 1.165) is 16.3 Å². The summed E-state index contributed by atoms with van der Waals surface area (Å²) in [6.45, 7) is 3.99. The average Bonchev–Trinajstić information content (AvgIpc) is 2.59. The van der Waals surface area contributed by atoms with Crippen molar-refractivity contribution in [2.24, 2.45) is 5.92 Å². The van der Waals surface area contributed by atoms with Gasteiger partial charge in [-0.15, -0.1) is 0 Å². The molecule has 1 aromatic heterocycles. The molecule has 3 aromatic rings. The molecule has 0 fully saturated rings. The quantitative estimate of drug-likeness (QED) is 0.767. The summed E-state index contributed by atoms with van der Waals surface area (Å²) in [4.78, 5) is 29.7. The second-order valence-electron chi connectivity index (χ2n) is 6.63. The van der Waals surface area contributed by atoms with E-state index in [1.54, 1.807) is 0 Å². The third-order valence-corrected chi connectivity index (χ3v) is 3.93. The second kappa shape index (κ2) is 7.47.